The zero-order valence-electron chi connectivity index (χ0n) is 16.6. The van der Waals surface area contributed by atoms with Gasteiger partial charge in [0.15, 0.2) is 5.17 Å². The van der Waals surface area contributed by atoms with Gasteiger partial charge in [-0.15, -0.1) is 11.0 Å². The molecule has 8 nitrogen and oxygen atoms in total. The third-order valence-corrected chi connectivity index (χ3v) is 6.83. The normalized spacial score (nSPS) is 16.8. The highest BCUT2D eigenvalue weighted by molar-refractivity contribution is 8.19. The van der Waals surface area contributed by atoms with Crippen molar-refractivity contribution in [2.24, 2.45) is 4.40 Å². The topological polar surface area (TPSA) is 110 Å². The molecule has 1 aliphatic rings. The SMILES string of the molecule is C=CCN1C(=O)/C(=C/c2ccc([N+](=O)[O-])cc2)S/C1=N/S(=O)(=O)c1ccc(CC)cc1. The van der Waals surface area contributed by atoms with Gasteiger partial charge in [-0.3, -0.25) is 19.8 Å². The molecule has 0 N–H and O–H groups in total. The minimum atomic E-state index is -4.02. The fraction of sp³-hybridized carbons (Fsp3) is 0.143. The number of hydrogen-bond acceptors (Lipinski definition) is 6. The summed E-state index contributed by atoms with van der Waals surface area (Å²) in [5, 5.41) is 10.8. The summed E-state index contributed by atoms with van der Waals surface area (Å²) < 4.78 is 29.4. The molecule has 2 aromatic carbocycles. The smallest absolute Gasteiger partial charge is 0.282 e. The van der Waals surface area contributed by atoms with E-state index >= 15 is 0 Å². The lowest BCUT2D eigenvalue weighted by atomic mass is 10.2. The van der Waals surface area contributed by atoms with Gasteiger partial charge in [0.1, 0.15) is 0 Å². The predicted octanol–water partition coefficient (Wildman–Crippen LogP) is 4.00. The molecule has 0 bridgehead atoms. The first-order chi connectivity index (χ1) is 14.7. The third-order valence-electron chi connectivity index (χ3n) is 4.43. The Labute approximate surface area is 184 Å². The average molecular weight is 458 g/mol. The van der Waals surface area contributed by atoms with E-state index in [1.807, 2.05) is 6.92 Å². The van der Waals surface area contributed by atoms with Crippen molar-refractivity contribution in [2.45, 2.75) is 18.2 Å². The molecule has 31 heavy (non-hydrogen) atoms. The van der Waals surface area contributed by atoms with Gasteiger partial charge >= 0.3 is 0 Å². The van der Waals surface area contributed by atoms with Crippen LogP contribution in [0, 0.1) is 10.1 Å². The summed E-state index contributed by atoms with van der Waals surface area (Å²) >= 11 is 0.928. The minimum Gasteiger partial charge on any atom is -0.282 e. The van der Waals surface area contributed by atoms with Gasteiger partial charge in [0.05, 0.1) is 14.7 Å². The van der Waals surface area contributed by atoms with Gasteiger partial charge in [0.25, 0.3) is 21.6 Å². The van der Waals surface area contributed by atoms with Crippen molar-refractivity contribution < 1.29 is 18.1 Å². The van der Waals surface area contributed by atoms with Crippen molar-refractivity contribution in [1.82, 2.24) is 4.90 Å². The average Bonchev–Trinajstić information content (AvgIpc) is 3.02. The molecule has 0 saturated carbocycles. The number of nitro groups is 1. The number of aryl methyl sites for hydroxylation is 1. The molecule has 0 aliphatic carbocycles. The molecule has 1 aliphatic heterocycles. The summed E-state index contributed by atoms with van der Waals surface area (Å²) in [7, 11) is -4.02. The Kier molecular flexibility index (Phi) is 6.71. The standard InChI is InChI=1S/C21H19N3O5S2/c1-3-13-23-20(25)19(14-16-5-9-17(10-6-16)24(26)27)30-21(23)22-31(28,29)18-11-7-15(4-2)8-12-18/h3,5-12,14H,1,4,13H2,2H3/b19-14-,22-21+. The fourth-order valence-electron chi connectivity index (χ4n) is 2.76. The van der Waals surface area contributed by atoms with Gasteiger partial charge in [-0.05, 0) is 59.7 Å². The number of benzene rings is 2. The van der Waals surface area contributed by atoms with Crippen molar-refractivity contribution in [3.63, 3.8) is 0 Å². The molecular formula is C21H19N3O5S2. The zero-order chi connectivity index (χ0) is 22.6. The van der Waals surface area contributed by atoms with Gasteiger partial charge in [0.2, 0.25) is 0 Å². The Hall–Kier alpha value is -3.24. The number of thioether (sulfide) groups is 1. The van der Waals surface area contributed by atoms with Gasteiger partial charge in [0, 0.05) is 18.7 Å². The number of amidine groups is 1. The lowest BCUT2D eigenvalue weighted by Gasteiger charge is -2.12. The molecule has 2 aromatic rings. The van der Waals surface area contributed by atoms with E-state index in [1.165, 1.54) is 53.5 Å². The molecule has 0 spiro atoms. The zero-order valence-corrected chi connectivity index (χ0v) is 18.2. The van der Waals surface area contributed by atoms with Crippen molar-refractivity contribution in [3.8, 4) is 0 Å². The van der Waals surface area contributed by atoms with Crippen molar-refractivity contribution in [1.29, 1.82) is 0 Å². The molecule has 3 rings (SSSR count). The second-order valence-electron chi connectivity index (χ2n) is 6.51. The Morgan fingerprint density at radius 3 is 2.35 bits per heavy atom. The van der Waals surface area contributed by atoms with Crippen LogP contribution < -0.4 is 0 Å². The quantitative estimate of drug-likeness (QED) is 0.269. The van der Waals surface area contributed by atoms with Crippen LogP contribution in [0.3, 0.4) is 0 Å². The van der Waals surface area contributed by atoms with Crippen LogP contribution in [0.2, 0.25) is 0 Å². The molecule has 0 unspecified atom stereocenters. The molecular weight excluding hydrogens is 438 g/mol. The number of non-ortho nitro benzene ring substituents is 1. The molecule has 10 heteroatoms. The van der Waals surface area contributed by atoms with E-state index in [0.717, 1.165) is 23.7 Å². The maximum absolute atomic E-state index is 12.8. The van der Waals surface area contributed by atoms with E-state index in [9.17, 15) is 23.3 Å². The van der Waals surface area contributed by atoms with E-state index < -0.39 is 20.9 Å². The van der Waals surface area contributed by atoms with E-state index in [4.69, 9.17) is 0 Å². The van der Waals surface area contributed by atoms with Crippen LogP contribution >= 0.6 is 11.8 Å². The van der Waals surface area contributed by atoms with E-state index in [2.05, 4.69) is 11.0 Å². The molecule has 0 atom stereocenters. The second-order valence-corrected chi connectivity index (χ2v) is 9.12. The first-order valence-electron chi connectivity index (χ1n) is 9.26. The van der Waals surface area contributed by atoms with E-state index in [0.29, 0.717) is 5.56 Å². The van der Waals surface area contributed by atoms with Crippen molar-refractivity contribution in [3.05, 3.63) is 87.3 Å². The van der Waals surface area contributed by atoms with Crippen LogP contribution in [0.5, 0.6) is 0 Å². The number of hydrogen-bond donors (Lipinski definition) is 0. The summed E-state index contributed by atoms with van der Waals surface area (Å²) in [5.41, 5.74) is 1.50. The summed E-state index contributed by atoms with van der Waals surface area (Å²) in [5.74, 6) is -0.418. The van der Waals surface area contributed by atoms with Crippen LogP contribution in [0.15, 0.2) is 75.4 Å². The lowest BCUT2D eigenvalue weighted by molar-refractivity contribution is -0.384. The Morgan fingerprint density at radius 2 is 1.81 bits per heavy atom. The first kappa shape index (κ1) is 22.4. The van der Waals surface area contributed by atoms with E-state index in [-0.39, 0.29) is 27.2 Å². The van der Waals surface area contributed by atoms with Crippen molar-refractivity contribution >= 4 is 44.6 Å². The maximum atomic E-state index is 12.8. The second kappa shape index (κ2) is 9.27. The molecule has 0 radical (unpaired) electrons. The largest absolute Gasteiger partial charge is 0.284 e. The Bertz CT molecular complexity index is 1180. The number of amides is 1. The molecule has 1 heterocycles. The summed E-state index contributed by atoms with van der Waals surface area (Å²) in [6.07, 6.45) is 3.80. The highest BCUT2D eigenvalue weighted by Gasteiger charge is 2.34. The van der Waals surface area contributed by atoms with Crippen LogP contribution in [-0.2, 0) is 21.2 Å². The highest BCUT2D eigenvalue weighted by Crippen LogP contribution is 2.34. The molecule has 1 amide bonds. The third kappa shape index (κ3) is 5.09. The van der Waals surface area contributed by atoms with Crippen LogP contribution in [0.25, 0.3) is 6.08 Å². The summed E-state index contributed by atoms with van der Waals surface area (Å²) in [6.45, 7) is 5.67. The van der Waals surface area contributed by atoms with Gasteiger partial charge in [-0.2, -0.15) is 8.42 Å². The highest BCUT2D eigenvalue weighted by atomic mass is 32.2. The number of carbonyl (C=O) groups excluding carboxylic acids is 1. The molecule has 1 fully saturated rings. The van der Waals surface area contributed by atoms with Crippen LogP contribution in [0.4, 0.5) is 5.69 Å². The monoisotopic (exact) mass is 457 g/mol. The van der Waals surface area contributed by atoms with Gasteiger partial charge in [-0.25, -0.2) is 0 Å². The Balaban J connectivity index is 1.94. The predicted molar refractivity (Wildman–Crippen MR) is 121 cm³/mol. The number of nitrogens with zero attached hydrogens (tertiary/aromatic N) is 3. The molecule has 1 saturated heterocycles. The molecule has 160 valence electrons. The van der Waals surface area contributed by atoms with E-state index in [1.54, 1.807) is 12.1 Å². The number of nitro benzene ring substituents is 1. The maximum Gasteiger partial charge on any atom is 0.284 e. The minimum absolute atomic E-state index is 0.0256. The first-order valence-corrected chi connectivity index (χ1v) is 11.5. The number of carbonyl (C=O) groups is 1. The van der Waals surface area contributed by atoms with Crippen LogP contribution in [0.1, 0.15) is 18.1 Å². The lowest BCUT2D eigenvalue weighted by Crippen LogP contribution is -2.29. The van der Waals surface area contributed by atoms with Gasteiger partial charge in [-0.1, -0.05) is 25.1 Å². The van der Waals surface area contributed by atoms with Crippen molar-refractivity contribution in [2.75, 3.05) is 6.54 Å². The van der Waals surface area contributed by atoms with Crippen LogP contribution in [-0.4, -0.2) is 35.9 Å². The number of rotatable bonds is 7. The number of sulfonamides is 1. The Morgan fingerprint density at radius 1 is 1.16 bits per heavy atom. The fourth-order valence-corrected chi connectivity index (χ4v) is 4.95. The summed E-state index contributed by atoms with van der Waals surface area (Å²) in [4.78, 5) is 24.6. The molecule has 0 aromatic heterocycles. The van der Waals surface area contributed by atoms with Gasteiger partial charge < -0.3 is 0 Å². The summed E-state index contributed by atoms with van der Waals surface area (Å²) in [6, 6.07) is 12.1.